The van der Waals surface area contributed by atoms with Gasteiger partial charge in [0.15, 0.2) is 0 Å². The van der Waals surface area contributed by atoms with Crippen LogP contribution in [0.1, 0.15) is 41.9 Å². The van der Waals surface area contributed by atoms with Crippen molar-refractivity contribution < 1.29 is 5.11 Å². The van der Waals surface area contributed by atoms with Gasteiger partial charge in [0, 0.05) is 6.54 Å². The Bertz CT molecular complexity index is 596. The summed E-state index contributed by atoms with van der Waals surface area (Å²) in [7, 11) is 0. The van der Waals surface area contributed by atoms with E-state index in [2.05, 4.69) is 24.3 Å². The molecule has 0 spiro atoms. The molecular formula is C19H23NO. The number of benzene rings is 2. The first-order valence-electron chi connectivity index (χ1n) is 7.79. The van der Waals surface area contributed by atoms with Crippen LogP contribution < -0.4 is 5.73 Å². The van der Waals surface area contributed by atoms with Crippen LogP contribution in [0.15, 0.2) is 54.6 Å². The van der Waals surface area contributed by atoms with Gasteiger partial charge in [-0.15, -0.1) is 0 Å². The van der Waals surface area contributed by atoms with Gasteiger partial charge in [-0.1, -0.05) is 54.6 Å². The van der Waals surface area contributed by atoms with Crippen LogP contribution in [-0.2, 0) is 12.0 Å². The van der Waals surface area contributed by atoms with Crippen LogP contribution in [0.3, 0.4) is 0 Å². The first-order chi connectivity index (χ1) is 10.2. The molecule has 2 atom stereocenters. The van der Waals surface area contributed by atoms with E-state index in [1.165, 1.54) is 17.5 Å². The monoisotopic (exact) mass is 281 g/mol. The number of fused-ring (bicyclic) bond motifs is 1. The standard InChI is InChI=1S/C19H23NO/c20-14-19(21,17-10-2-1-3-11-17)13-16-9-6-8-15-7-4-5-12-18(15)16/h1-5,7,10-12,16,21H,6,8-9,13-14,20H2. The van der Waals surface area contributed by atoms with Crippen LogP contribution in [0.5, 0.6) is 0 Å². The molecule has 0 radical (unpaired) electrons. The molecule has 2 aromatic rings. The Kier molecular flexibility index (Phi) is 4.09. The van der Waals surface area contributed by atoms with Crippen molar-refractivity contribution >= 4 is 0 Å². The van der Waals surface area contributed by atoms with E-state index >= 15 is 0 Å². The zero-order valence-electron chi connectivity index (χ0n) is 12.3. The number of hydrogen-bond acceptors (Lipinski definition) is 2. The van der Waals surface area contributed by atoms with Crippen LogP contribution in [0.4, 0.5) is 0 Å². The molecule has 0 saturated heterocycles. The average molecular weight is 281 g/mol. The minimum atomic E-state index is -0.934. The first-order valence-corrected chi connectivity index (χ1v) is 7.79. The van der Waals surface area contributed by atoms with Gasteiger partial charge < -0.3 is 10.8 Å². The fraction of sp³-hybridized carbons (Fsp3) is 0.368. The lowest BCUT2D eigenvalue weighted by atomic mass is 9.75. The second kappa shape index (κ2) is 6.00. The Labute approximate surface area is 126 Å². The van der Waals surface area contributed by atoms with Gasteiger partial charge in [0.05, 0.1) is 0 Å². The van der Waals surface area contributed by atoms with E-state index in [4.69, 9.17) is 5.73 Å². The highest BCUT2D eigenvalue weighted by Gasteiger charge is 2.33. The van der Waals surface area contributed by atoms with E-state index < -0.39 is 5.60 Å². The van der Waals surface area contributed by atoms with E-state index in [1.807, 2.05) is 30.3 Å². The SMILES string of the molecule is NCC(O)(CC1CCCc2ccccc21)c1ccccc1. The van der Waals surface area contributed by atoms with Gasteiger partial charge in [-0.25, -0.2) is 0 Å². The highest BCUT2D eigenvalue weighted by Crippen LogP contribution is 2.39. The molecule has 2 nitrogen and oxygen atoms in total. The van der Waals surface area contributed by atoms with Crippen molar-refractivity contribution in [2.45, 2.75) is 37.2 Å². The van der Waals surface area contributed by atoms with Gasteiger partial charge in [0.2, 0.25) is 0 Å². The minimum absolute atomic E-state index is 0.260. The summed E-state index contributed by atoms with van der Waals surface area (Å²) >= 11 is 0. The van der Waals surface area contributed by atoms with E-state index in [-0.39, 0.29) is 6.54 Å². The number of aliphatic hydroxyl groups is 1. The van der Waals surface area contributed by atoms with Gasteiger partial charge >= 0.3 is 0 Å². The molecule has 2 aromatic carbocycles. The van der Waals surface area contributed by atoms with Gasteiger partial charge in [0.1, 0.15) is 5.60 Å². The summed E-state index contributed by atoms with van der Waals surface area (Å²) in [4.78, 5) is 0. The van der Waals surface area contributed by atoms with Crippen LogP contribution in [0, 0.1) is 0 Å². The third-order valence-corrected chi connectivity index (χ3v) is 4.73. The largest absolute Gasteiger partial charge is 0.384 e. The molecule has 2 unspecified atom stereocenters. The second-order valence-corrected chi connectivity index (χ2v) is 6.09. The number of nitrogens with two attached hydrogens (primary N) is 1. The van der Waals surface area contributed by atoms with Gasteiger partial charge in [-0.05, 0) is 48.3 Å². The second-order valence-electron chi connectivity index (χ2n) is 6.09. The molecule has 0 bridgehead atoms. The van der Waals surface area contributed by atoms with Crippen molar-refractivity contribution in [2.24, 2.45) is 5.73 Å². The summed E-state index contributed by atoms with van der Waals surface area (Å²) in [5.41, 5.74) is 8.75. The third kappa shape index (κ3) is 2.87. The van der Waals surface area contributed by atoms with Crippen molar-refractivity contribution in [3.8, 4) is 0 Å². The maximum atomic E-state index is 11.0. The molecule has 3 rings (SSSR count). The zero-order chi connectivity index (χ0) is 14.7. The highest BCUT2D eigenvalue weighted by molar-refractivity contribution is 5.34. The Balaban J connectivity index is 1.89. The molecule has 0 amide bonds. The number of hydrogen-bond donors (Lipinski definition) is 2. The number of aryl methyl sites for hydroxylation is 1. The average Bonchev–Trinajstić information content (AvgIpc) is 2.56. The van der Waals surface area contributed by atoms with Crippen molar-refractivity contribution in [3.63, 3.8) is 0 Å². The summed E-state index contributed by atoms with van der Waals surface area (Å²) < 4.78 is 0. The number of rotatable bonds is 4. The third-order valence-electron chi connectivity index (χ3n) is 4.73. The molecule has 1 aliphatic carbocycles. The summed E-state index contributed by atoms with van der Waals surface area (Å²) in [5.74, 6) is 0.392. The molecule has 0 aromatic heterocycles. The van der Waals surface area contributed by atoms with Gasteiger partial charge in [-0.3, -0.25) is 0 Å². The fourth-order valence-electron chi connectivity index (χ4n) is 3.54. The molecule has 2 heteroatoms. The molecule has 0 saturated carbocycles. The minimum Gasteiger partial charge on any atom is -0.384 e. The summed E-state index contributed by atoms with van der Waals surface area (Å²) in [6.45, 7) is 0.260. The molecule has 1 aliphatic rings. The lowest BCUT2D eigenvalue weighted by molar-refractivity contribution is 0.0274. The Hall–Kier alpha value is -1.64. The molecule has 0 fully saturated rings. The van der Waals surface area contributed by atoms with Crippen LogP contribution in [0.25, 0.3) is 0 Å². The van der Waals surface area contributed by atoms with Crippen LogP contribution in [0.2, 0.25) is 0 Å². The molecule has 110 valence electrons. The van der Waals surface area contributed by atoms with Crippen molar-refractivity contribution in [1.29, 1.82) is 0 Å². The zero-order valence-corrected chi connectivity index (χ0v) is 12.3. The maximum Gasteiger partial charge on any atom is 0.102 e. The summed E-state index contributed by atoms with van der Waals surface area (Å²) in [6.07, 6.45) is 4.17. The lowest BCUT2D eigenvalue weighted by Gasteiger charge is -2.34. The van der Waals surface area contributed by atoms with E-state index in [0.717, 1.165) is 18.4 Å². The quantitative estimate of drug-likeness (QED) is 0.903. The Morgan fingerprint density at radius 3 is 2.52 bits per heavy atom. The van der Waals surface area contributed by atoms with Crippen molar-refractivity contribution in [2.75, 3.05) is 6.54 Å². The van der Waals surface area contributed by atoms with Crippen LogP contribution in [-0.4, -0.2) is 11.7 Å². The summed E-state index contributed by atoms with van der Waals surface area (Å²) in [6, 6.07) is 18.5. The Morgan fingerprint density at radius 1 is 1.05 bits per heavy atom. The normalized spacial score (nSPS) is 20.6. The summed E-state index contributed by atoms with van der Waals surface area (Å²) in [5, 5.41) is 11.0. The van der Waals surface area contributed by atoms with E-state index in [9.17, 15) is 5.11 Å². The van der Waals surface area contributed by atoms with Gasteiger partial charge in [0.25, 0.3) is 0 Å². The van der Waals surface area contributed by atoms with E-state index in [0.29, 0.717) is 12.3 Å². The highest BCUT2D eigenvalue weighted by atomic mass is 16.3. The topological polar surface area (TPSA) is 46.2 Å². The van der Waals surface area contributed by atoms with Gasteiger partial charge in [-0.2, -0.15) is 0 Å². The fourth-order valence-corrected chi connectivity index (χ4v) is 3.54. The Morgan fingerprint density at radius 2 is 1.76 bits per heavy atom. The van der Waals surface area contributed by atoms with Crippen molar-refractivity contribution in [1.82, 2.24) is 0 Å². The predicted octanol–water partition coefficient (Wildman–Crippen LogP) is 3.34. The van der Waals surface area contributed by atoms with Crippen molar-refractivity contribution in [3.05, 3.63) is 71.3 Å². The molecule has 0 aliphatic heterocycles. The maximum absolute atomic E-state index is 11.0. The lowest BCUT2D eigenvalue weighted by Crippen LogP contribution is -2.37. The first kappa shape index (κ1) is 14.3. The van der Waals surface area contributed by atoms with E-state index in [1.54, 1.807) is 0 Å². The predicted molar refractivity (Wildman–Crippen MR) is 86.1 cm³/mol. The molecule has 21 heavy (non-hydrogen) atoms. The van der Waals surface area contributed by atoms with Crippen LogP contribution >= 0.6 is 0 Å². The molecule has 0 heterocycles. The molecule has 3 N–H and O–H groups in total. The smallest absolute Gasteiger partial charge is 0.102 e. The molecular weight excluding hydrogens is 258 g/mol.